The number of nitrogens with zero attached hydrogens (tertiary/aromatic N) is 6. The molecule has 1 atom stereocenters. The van der Waals surface area contributed by atoms with E-state index in [0.717, 1.165) is 47.6 Å². The first-order valence-electron chi connectivity index (χ1n) is 19.9. The van der Waals surface area contributed by atoms with Gasteiger partial charge in [0.25, 0.3) is 17.7 Å². The highest BCUT2D eigenvalue weighted by Crippen LogP contribution is 2.27. The lowest BCUT2D eigenvalue weighted by molar-refractivity contribution is 0.0743. The molecule has 12 nitrogen and oxygen atoms in total. The molecule has 304 valence electrons. The van der Waals surface area contributed by atoms with Gasteiger partial charge in [-0.2, -0.15) is 5.10 Å². The van der Waals surface area contributed by atoms with E-state index in [9.17, 15) is 13.8 Å². The minimum atomic E-state index is -1.89. The van der Waals surface area contributed by atoms with Crippen LogP contribution in [0.2, 0.25) is 0 Å². The molecule has 0 fully saturated rings. The molecule has 58 heavy (non-hydrogen) atoms. The Bertz CT molecular complexity index is 2350. The number of hydrogen-bond acceptors (Lipinski definition) is 8. The van der Waals surface area contributed by atoms with Crippen molar-refractivity contribution in [2.45, 2.75) is 71.4 Å². The summed E-state index contributed by atoms with van der Waals surface area (Å²) in [5.41, 5.74) is 4.33. The van der Waals surface area contributed by atoms with Gasteiger partial charge < -0.3 is 14.5 Å². The average molecular weight is 804 g/mol. The molecule has 0 spiro atoms. The number of aliphatic imine (C=N–C) groups is 1. The van der Waals surface area contributed by atoms with E-state index in [0.29, 0.717) is 66.3 Å². The lowest BCUT2D eigenvalue weighted by Crippen LogP contribution is -2.46. The van der Waals surface area contributed by atoms with Gasteiger partial charge in [0, 0.05) is 50.6 Å². The predicted molar refractivity (Wildman–Crippen MR) is 229 cm³/mol. The van der Waals surface area contributed by atoms with Gasteiger partial charge in [0.1, 0.15) is 0 Å². The molecule has 1 unspecified atom stereocenters. The second-order valence-corrected chi connectivity index (χ2v) is 15.8. The molecule has 13 heteroatoms. The van der Waals surface area contributed by atoms with Crippen LogP contribution >= 0.6 is 0 Å². The normalized spacial score (nSPS) is 13.1. The summed E-state index contributed by atoms with van der Waals surface area (Å²) < 4.78 is 23.2. The molecule has 1 N–H and O–H groups in total. The van der Waals surface area contributed by atoms with Crippen molar-refractivity contribution < 1.29 is 23.3 Å². The Kier molecular flexibility index (Phi) is 13.9. The second-order valence-electron chi connectivity index (χ2n) is 14.6. The summed E-state index contributed by atoms with van der Waals surface area (Å²) in [7, 11) is 1.60. The first-order valence-corrected chi connectivity index (χ1v) is 21.1. The highest BCUT2D eigenvalue weighted by molar-refractivity contribution is 7.83. The van der Waals surface area contributed by atoms with Gasteiger partial charge in [-0.1, -0.05) is 81.3 Å². The fourth-order valence-electron chi connectivity index (χ4n) is 7.01. The van der Waals surface area contributed by atoms with E-state index in [1.54, 1.807) is 41.0 Å². The third kappa shape index (κ3) is 9.21. The number of amides is 3. The predicted octanol–water partition coefficient (Wildman–Crippen LogP) is 7.23. The zero-order valence-electron chi connectivity index (χ0n) is 34.3. The number of carbonyl (C=O) groups is 3. The van der Waals surface area contributed by atoms with Gasteiger partial charge >= 0.3 is 0 Å². The minimum Gasteiger partial charge on any atom is -0.383 e. The second kappa shape index (κ2) is 19.2. The summed E-state index contributed by atoms with van der Waals surface area (Å²) in [5.74, 6) is -0.748. The van der Waals surface area contributed by atoms with Crippen molar-refractivity contribution in [1.82, 2.24) is 29.2 Å². The highest BCUT2D eigenvalue weighted by atomic mass is 32.2. The Morgan fingerprint density at radius 2 is 1.55 bits per heavy atom. The van der Waals surface area contributed by atoms with Gasteiger partial charge in [-0.25, -0.2) is 13.9 Å². The van der Waals surface area contributed by atoms with Crippen molar-refractivity contribution in [3.8, 4) is 5.69 Å². The molecule has 1 aromatic heterocycles. The van der Waals surface area contributed by atoms with Gasteiger partial charge in [-0.15, -0.1) is 0 Å². The third-order valence-electron chi connectivity index (χ3n) is 10.6. The molecular weight excluding hydrogens is 751 g/mol. The van der Waals surface area contributed by atoms with Crippen molar-refractivity contribution in [1.29, 1.82) is 0 Å². The van der Waals surface area contributed by atoms with Gasteiger partial charge in [0.05, 0.1) is 35.8 Å². The van der Waals surface area contributed by atoms with Crippen LogP contribution in [0.5, 0.6) is 0 Å². The van der Waals surface area contributed by atoms with Crippen molar-refractivity contribution in [2.75, 3.05) is 40.4 Å². The number of fused-ring (bicyclic) bond motifs is 2. The van der Waals surface area contributed by atoms with Gasteiger partial charge in [0.2, 0.25) is 5.96 Å². The summed E-state index contributed by atoms with van der Waals surface area (Å²) in [5, 5.41) is 6.78. The third-order valence-corrected chi connectivity index (χ3v) is 11.7. The number of ether oxygens (including phenoxy) is 1. The Morgan fingerprint density at radius 1 is 0.862 bits per heavy atom. The molecule has 0 saturated heterocycles. The molecule has 1 aliphatic rings. The van der Waals surface area contributed by atoms with E-state index in [4.69, 9.17) is 14.8 Å². The number of likely N-dealkylation sites (N-methyl/N-ethyl adjacent to an activating group) is 1. The van der Waals surface area contributed by atoms with Crippen molar-refractivity contribution in [2.24, 2.45) is 4.99 Å². The van der Waals surface area contributed by atoms with Gasteiger partial charge in [0.15, 0.2) is 16.7 Å². The lowest BCUT2D eigenvalue weighted by atomic mass is 10.0. The van der Waals surface area contributed by atoms with E-state index >= 15 is 4.79 Å². The summed E-state index contributed by atoms with van der Waals surface area (Å²) in [6.07, 6.45) is 3.67. The van der Waals surface area contributed by atoms with Crippen LogP contribution in [0.3, 0.4) is 0 Å². The van der Waals surface area contributed by atoms with Crippen LogP contribution in [-0.4, -0.2) is 92.8 Å². The van der Waals surface area contributed by atoms with E-state index in [1.165, 1.54) is 6.07 Å². The van der Waals surface area contributed by atoms with E-state index in [1.807, 2.05) is 85.3 Å². The molecule has 2 heterocycles. The molecule has 3 amide bonds. The summed E-state index contributed by atoms with van der Waals surface area (Å²) in [4.78, 5) is 54.0. The van der Waals surface area contributed by atoms with E-state index in [2.05, 4.69) is 18.6 Å². The molecule has 0 aliphatic carbocycles. The van der Waals surface area contributed by atoms with Gasteiger partial charge in [-0.05, 0) is 78.9 Å². The van der Waals surface area contributed by atoms with E-state index in [-0.39, 0.29) is 23.6 Å². The smallest absolute Gasteiger partial charge is 0.274 e. The average Bonchev–Trinajstić information content (AvgIpc) is 3.40. The molecule has 4 aromatic carbocycles. The summed E-state index contributed by atoms with van der Waals surface area (Å²) >= 11 is 0. The maximum atomic E-state index is 15.2. The molecular formula is C45H53N7O5S. The molecule has 6 rings (SSSR count). The van der Waals surface area contributed by atoms with Crippen LogP contribution in [0, 0.1) is 13.8 Å². The van der Waals surface area contributed by atoms with Crippen LogP contribution in [0.1, 0.15) is 93.1 Å². The van der Waals surface area contributed by atoms with Gasteiger partial charge in [-0.3, -0.25) is 24.0 Å². The summed E-state index contributed by atoms with van der Waals surface area (Å²) in [6, 6.07) is 25.7. The number of hydrogen-bond donors (Lipinski definition) is 1. The van der Waals surface area contributed by atoms with Crippen LogP contribution in [0.4, 0.5) is 0 Å². The molecule has 0 radical (unpaired) electrons. The summed E-state index contributed by atoms with van der Waals surface area (Å²) in [6.45, 7) is 10.7. The number of carbonyl (C=O) groups excluding carboxylic acids is 3. The number of benzene rings is 4. The fraction of sp³-hybridized carbons (Fsp3) is 0.356. The number of nitrogens with one attached hydrogen (secondary N) is 1. The van der Waals surface area contributed by atoms with Crippen molar-refractivity contribution in [3.63, 3.8) is 0 Å². The first-order chi connectivity index (χ1) is 28.1. The maximum absolute atomic E-state index is 15.2. The quantitative estimate of drug-likeness (QED) is 0.118. The fourth-order valence-corrected chi connectivity index (χ4v) is 7.84. The first kappa shape index (κ1) is 42.0. The Morgan fingerprint density at radius 3 is 2.26 bits per heavy atom. The maximum Gasteiger partial charge on any atom is 0.274 e. The van der Waals surface area contributed by atoms with Crippen LogP contribution in [0.25, 0.3) is 16.5 Å². The van der Waals surface area contributed by atoms with E-state index < -0.39 is 22.8 Å². The molecule has 0 saturated carbocycles. The Hall–Kier alpha value is -5.66. The van der Waals surface area contributed by atoms with Crippen LogP contribution < -0.4 is 4.72 Å². The molecule has 5 aromatic rings. The number of guanidine groups is 1. The number of aromatic nitrogens is 2. The van der Waals surface area contributed by atoms with Crippen LogP contribution in [0.15, 0.2) is 94.8 Å². The monoisotopic (exact) mass is 803 g/mol. The van der Waals surface area contributed by atoms with Crippen molar-refractivity contribution in [3.05, 3.63) is 124 Å². The molecule has 0 bridgehead atoms. The zero-order valence-corrected chi connectivity index (χ0v) is 35.1. The number of rotatable bonds is 15. The Balaban J connectivity index is 1.44. The SMILES string of the molecule is CCCCN(CCCC)C(=O)c1nn(-c2ccc(C(=O)NS(=O)c3ccc4ccccc4c3)cc2C(=O)N2Cc3ccccc3CN=C2N(C)CCOC)c(C)c1C. The number of unbranched alkanes of at least 4 members (excludes halogenated alkanes) is 2. The lowest BCUT2D eigenvalue weighted by Gasteiger charge is -2.30. The Labute approximate surface area is 343 Å². The standard InChI is InChI=1S/C45H53N7O5S/c1-7-9-23-50(24-10-8-2)44(55)41-31(3)32(4)52(47-41)40-22-20-35(42(53)48-58(56)38-21-19-33-15-11-12-16-34(33)27-38)28-39(40)43(54)51-30-37-18-14-13-17-36(37)29-46-45(51)49(5)25-26-57-6/h11-22,27-28H,7-10,23-26,29-30H2,1-6H3,(H,48,53). The molecule has 1 aliphatic heterocycles. The minimum absolute atomic E-state index is 0.130. The van der Waals surface area contributed by atoms with Crippen LogP contribution in [-0.2, 0) is 28.8 Å². The largest absolute Gasteiger partial charge is 0.383 e. The zero-order chi connectivity index (χ0) is 41.3. The highest BCUT2D eigenvalue weighted by Gasteiger charge is 2.32. The van der Waals surface area contributed by atoms with Crippen molar-refractivity contribution >= 4 is 45.4 Å². The number of methoxy groups -OCH3 is 1. The topological polar surface area (TPSA) is 129 Å².